The third-order valence-electron chi connectivity index (χ3n) is 3.96. The zero-order valence-corrected chi connectivity index (χ0v) is 16.9. The van der Waals surface area contributed by atoms with Gasteiger partial charge in [-0.1, -0.05) is 12.1 Å². The quantitative estimate of drug-likeness (QED) is 0.649. The third-order valence-corrected chi connectivity index (χ3v) is 5.16. The third kappa shape index (κ3) is 5.14. The number of hydrogen-bond acceptors (Lipinski definition) is 5. The largest absolute Gasteiger partial charge is 0.416 e. The molecule has 2 rings (SSSR count). The number of nitriles is 1. The first-order valence-corrected chi connectivity index (χ1v) is 9.25. The molecule has 30 heavy (non-hydrogen) atoms. The SMILES string of the molecule is Cc1c(C(=O)N(C)C)sc(NC(=O)c2cccc(COC(F)(F)C(F)F)c2)c1C#N. The highest BCUT2D eigenvalue weighted by atomic mass is 32.1. The maximum Gasteiger partial charge on any atom is 0.416 e. The minimum atomic E-state index is -4.61. The molecule has 0 unspecified atom stereocenters. The molecule has 0 aliphatic heterocycles. The van der Waals surface area contributed by atoms with Crippen molar-refractivity contribution in [3.8, 4) is 6.07 Å². The Hall–Kier alpha value is -2.97. The number of amides is 2. The van der Waals surface area contributed by atoms with E-state index in [-0.39, 0.29) is 27.6 Å². The lowest BCUT2D eigenvalue weighted by molar-refractivity contribution is -0.305. The normalized spacial score (nSPS) is 11.3. The number of hydrogen-bond donors (Lipinski definition) is 1. The zero-order chi connectivity index (χ0) is 22.6. The number of carbonyl (C=O) groups excluding carboxylic acids is 2. The number of halogens is 4. The van der Waals surface area contributed by atoms with Crippen LogP contribution in [0.5, 0.6) is 0 Å². The summed E-state index contributed by atoms with van der Waals surface area (Å²) in [6.07, 6.45) is -8.58. The molecule has 1 heterocycles. The molecule has 1 aromatic heterocycles. The maximum atomic E-state index is 12.9. The molecule has 11 heteroatoms. The van der Waals surface area contributed by atoms with Gasteiger partial charge in [-0.15, -0.1) is 11.3 Å². The van der Waals surface area contributed by atoms with Gasteiger partial charge in [0.05, 0.1) is 17.0 Å². The fourth-order valence-corrected chi connectivity index (χ4v) is 3.54. The van der Waals surface area contributed by atoms with Crippen molar-refractivity contribution in [1.82, 2.24) is 4.90 Å². The topological polar surface area (TPSA) is 82.4 Å². The number of rotatable bonds is 7. The smallest absolute Gasteiger partial charge is 0.344 e. The molecule has 0 saturated heterocycles. The van der Waals surface area contributed by atoms with E-state index < -0.39 is 25.0 Å². The fraction of sp³-hybridized carbons (Fsp3) is 0.316. The summed E-state index contributed by atoms with van der Waals surface area (Å²) in [5.74, 6) is -0.993. The first kappa shape index (κ1) is 23.3. The number of thiophene rings is 1. The molecule has 0 radical (unpaired) electrons. The van der Waals surface area contributed by atoms with Crippen LogP contribution < -0.4 is 5.32 Å². The van der Waals surface area contributed by atoms with Crippen LogP contribution in [0.3, 0.4) is 0 Å². The van der Waals surface area contributed by atoms with Crippen LogP contribution in [-0.2, 0) is 11.3 Å². The first-order chi connectivity index (χ1) is 14.0. The summed E-state index contributed by atoms with van der Waals surface area (Å²) < 4.78 is 54.1. The standard InChI is InChI=1S/C19H17F4N3O3S/c1-10-13(8-24)16(30-14(10)17(28)26(2)3)25-15(27)12-6-4-5-11(7-12)9-29-19(22,23)18(20)21/h4-7,18H,9H2,1-3H3,(H,25,27). The molecule has 2 amide bonds. The van der Waals surface area contributed by atoms with Gasteiger partial charge in [0.15, 0.2) is 0 Å². The van der Waals surface area contributed by atoms with Crippen molar-refractivity contribution >= 4 is 28.2 Å². The summed E-state index contributed by atoms with van der Waals surface area (Å²) in [5.41, 5.74) is 0.670. The van der Waals surface area contributed by atoms with E-state index in [1.54, 1.807) is 21.0 Å². The van der Waals surface area contributed by atoms with Gasteiger partial charge < -0.3 is 15.0 Å². The van der Waals surface area contributed by atoms with Gasteiger partial charge in [0.2, 0.25) is 0 Å². The van der Waals surface area contributed by atoms with Crippen molar-refractivity contribution in [2.45, 2.75) is 26.1 Å². The Morgan fingerprint density at radius 1 is 1.33 bits per heavy atom. The Morgan fingerprint density at radius 3 is 2.57 bits per heavy atom. The predicted octanol–water partition coefficient (Wildman–Crippen LogP) is 4.26. The molecule has 0 fully saturated rings. The Balaban J connectivity index is 2.22. The molecule has 0 atom stereocenters. The second-order valence-corrected chi connectivity index (χ2v) is 7.40. The van der Waals surface area contributed by atoms with Crippen LogP contribution in [0.2, 0.25) is 0 Å². The zero-order valence-electron chi connectivity index (χ0n) is 16.1. The highest BCUT2D eigenvalue weighted by molar-refractivity contribution is 7.18. The van der Waals surface area contributed by atoms with Gasteiger partial charge in [-0.25, -0.2) is 8.78 Å². The number of anilines is 1. The van der Waals surface area contributed by atoms with Crippen molar-refractivity contribution in [2.24, 2.45) is 0 Å². The van der Waals surface area contributed by atoms with Gasteiger partial charge in [0.25, 0.3) is 11.8 Å². The number of benzene rings is 1. The van der Waals surface area contributed by atoms with Gasteiger partial charge in [-0.05, 0) is 30.2 Å². The van der Waals surface area contributed by atoms with Crippen LogP contribution in [0.1, 0.15) is 36.7 Å². The minimum Gasteiger partial charge on any atom is -0.344 e. The van der Waals surface area contributed by atoms with Gasteiger partial charge in [0, 0.05) is 19.7 Å². The Kier molecular flexibility index (Phi) is 7.17. The van der Waals surface area contributed by atoms with Gasteiger partial charge in [-0.3, -0.25) is 9.59 Å². The van der Waals surface area contributed by atoms with Crippen LogP contribution in [0, 0.1) is 18.3 Å². The van der Waals surface area contributed by atoms with Crippen molar-refractivity contribution in [3.63, 3.8) is 0 Å². The number of ether oxygens (including phenoxy) is 1. The second kappa shape index (κ2) is 9.23. The highest BCUT2D eigenvalue weighted by Crippen LogP contribution is 2.33. The highest BCUT2D eigenvalue weighted by Gasteiger charge is 2.42. The van der Waals surface area contributed by atoms with Crippen molar-refractivity contribution in [1.29, 1.82) is 5.26 Å². The van der Waals surface area contributed by atoms with E-state index >= 15 is 0 Å². The van der Waals surface area contributed by atoms with E-state index in [4.69, 9.17) is 0 Å². The molecule has 160 valence electrons. The lowest BCUT2D eigenvalue weighted by Gasteiger charge is -2.15. The summed E-state index contributed by atoms with van der Waals surface area (Å²) >= 11 is 0.938. The van der Waals surface area contributed by atoms with E-state index in [0.29, 0.717) is 10.4 Å². The second-order valence-electron chi connectivity index (χ2n) is 6.38. The first-order valence-electron chi connectivity index (χ1n) is 8.43. The van der Waals surface area contributed by atoms with Crippen LogP contribution >= 0.6 is 11.3 Å². The minimum absolute atomic E-state index is 0.0342. The van der Waals surface area contributed by atoms with Crippen molar-refractivity contribution < 1.29 is 31.9 Å². The maximum absolute atomic E-state index is 12.9. The molecule has 1 N–H and O–H groups in total. The molecule has 0 bridgehead atoms. The summed E-state index contributed by atoms with van der Waals surface area (Å²) in [5, 5.41) is 12.1. The van der Waals surface area contributed by atoms with Crippen LogP contribution in [0.25, 0.3) is 0 Å². The van der Waals surface area contributed by atoms with E-state index in [1.165, 1.54) is 29.2 Å². The van der Waals surface area contributed by atoms with Crippen molar-refractivity contribution in [2.75, 3.05) is 19.4 Å². The summed E-state index contributed by atoms with van der Waals surface area (Å²) in [7, 11) is 3.11. The molecular formula is C19H17F4N3O3S. The molecular weight excluding hydrogens is 426 g/mol. The van der Waals surface area contributed by atoms with Gasteiger partial charge >= 0.3 is 12.5 Å². The van der Waals surface area contributed by atoms with E-state index in [9.17, 15) is 32.4 Å². The summed E-state index contributed by atoms with van der Waals surface area (Å²) in [4.78, 5) is 26.4. The average molecular weight is 443 g/mol. The van der Waals surface area contributed by atoms with Gasteiger partial charge in [0.1, 0.15) is 11.1 Å². The molecule has 0 aliphatic carbocycles. The Labute approximate surface area is 173 Å². The summed E-state index contributed by atoms with van der Waals surface area (Å²) in [6, 6.07) is 7.24. The fourth-order valence-electron chi connectivity index (χ4n) is 2.36. The van der Waals surface area contributed by atoms with Gasteiger partial charge in [-0.2, -0.15) is 14.0 Å². The van der Waals surface area contributed by atoms with Crippen LogP contribution in [0.15, 0.2) is 24.3 Å². The van der Waals surface area contributed by atoms with E-state index in [2.05, 4.69) is 10.1 Å². The molecule has 6 nitrogen and oxygen atoms in total. The Morgan fingerprint density at radius 2 is 2.00 bits per heavy atom. The Bertz CT molecular complexity index is 999. The average Bonchev–Trinajstić information content (AvgIpc) is 3.00. The van der Waals surface area contributed by atoms with E-state index in [0.717, 1.165) is 11.3 Å². The van der Waals surface area contributed by atoms with Crippen molar-refractivity contribution in [3.05, 3.63) is 51.4 Å². The van der Waals surface area contributed by atoms with Crippen LogP contribution in [0.4, 0.5) is 22.6 Å². The molecule has 0 aliphatic rings. The molecule has 0 saturated carbocycles. The van der Waals surface area contributed by atoms with Crippen LogP contribution in [-0.4, -0.2) is 43.3 Å². The number of alkyl halides is 4. The molecule has 0 spiro atoms. The predicted molar refractivity (Wildman–Crippen MR) is 102 cm³/mol. The number of nitrogens with zero attached hydrogens (tertiary/aromatic N) is 2. The lowest BCUT2D eigenvalue weighted by atomic mass is 10.1. The monoisotopic (exact) mass is 443 g/mol. The molecule has 2 aromatic rings. The lowest BCUT2D eigenvalue weighted by Crippen LogP contribution is -2.29. The van der Waals surface area contributed by atoms with E-state index in [1.807, 2.05) is 6.07 Å². The number of carbonyl (C=O) groups is 2. The molecule has 1 aromatic carbocycles. The number of nitrogens with one attached hydrogen (secondary N) is 1. The summed E-state index contributed by atoms with van der Waals surface area (Å²) in [6.45, 7) is 0.754.